The maximum absolute atomic E-state index is 13.0. The number of nitriles is 1. The maximum Gasteiger partial charge on any atom is 0.410 e. The van der Waals surface area contributed by atoms with Gasteiger partial charge in [0, 0.05) is 24.9 Å². The fourth-order valence-electron chi connectivity index (χ4n) is 5.48. The number of nitrogens with one attached hydrogen (secondary N) is 1. The predicted octanol–water partition coefficient (Wildman–Crippen LogP) is 5.24. The normalized spacial score (nSPS) is 28.0. The van der Waals surface area contributed by atoms with E-state index in [1.165, 1.54) is 6.33 Å². The van der Waals surface area contributed by atoms with Crippen molar-refractivity contribution in [2.45, 2.75) is 70.9 Å². The Balaban J connectivity index is 1.34. The summed E-state index contributed by atoms with van der Waals surface area (Å²) in [5, 5.41) is 12.7. The molecular formula is C27H32ClN5O4. The number of fused-ring (bicyclic) bond motifs is 2. The van der Waals surface area contributed by atoms with Crippen molar-refractivity contribution in [1.82, 2.24) is 14.9 Å². The van der Waals surface area contributed by atoms with Crippen LogP contribution in [0.5, 0.6) is 5.88 Å². The molecule has 1 saturated carbocycles. The zero-order chi connectivity index (χ0) is 26.3. The van der Waals surface area contributed by atoms with Gasteiger partial charge in [-0.1, -0.05) is 11.6 Å². The number of nitrogens with zero attached hydrogens (tertiary/aromatic N) is 4. The first-order valence-corrected chi connectivity index (χ1v) is 13.1. The average molecular weight is 526 g/mol. The summed E-state index contributed by atoms with van der Waals surface area (Å²) < 4.78 is 18.6. The molecule has 2 saturated heterocycles. The number of rotatable bonds is 5. The predicted molar refractivity (Wildman–Crippen MR) is 138 cm³/mol. The van der Waals surface area contributed by atoms with Gasteiger partial charge in [0.25, 0.3) is 0 Å². The zero-order valence-corrected chi connectivity index (χ0v) is 22.3. The molecule has 0 spiro atoms. The molecule has 1 amide bonds. The van der Waals surface area contributed by atoms with Gasteiger partial charge in [-0.3, -0.25) is 0 Å². The number of carbonyl (C=O) groups excluding carboxylic acids is 1. The van der Waals surface area contributed by atoms with Gasteiger partial charge >= 0.3 is 6.09 Å². The highest BCUT2D eigenvalue weighted by Crippen LogP contribution is 2.41. The monoisotopic (exact) mass is 525 g/mol. The van der Waals surface area contributed by atoms with E-state index in [-0.39, 0.29) is 41.8 Å². The molecule has 2 aliphatic heterocycles. The Labute approximate surface area is 222 Å². The second-order valence-corrected chi connectivity index (χ2v) is 11.0. The van der Waals surface area contributed by atoms with Gasteiger partial charge in [-0.15, -0.1) is 0 Å². The molecule has 0 radical (unpaired) electrons. The first kappa shape index (κ1) is 25.6. The largest absolute Gasteiger partial charge is 0.473 e. The highest BCUT2D eigenvalue weighted by Gasteiger charge is 2.51. The number of benzene rings is 1. The average Bonchev–Trinajstić information content (AvgIpc) is 2.85. The highest BCUT2D eigenvalue weighted by atomic mass is 35.5. The number of piperidine rings is 1. The van der Waals surface area contributed by atoms with E-state index in [4.69, 9.17) is 31.1 Å². The van der Waals surface area contributed by atoms with Gasteiger partial charge in [0.2, 0.25) is 5.88 Å². The fraction of sp³-hybridized carbons (Fsp3) is 0.556. The molecule has 1 aromatic heterocycles. The quantitative estimate of drug-likeness (QED) is 0.564. The van der Waals surface area contributed by atoms with Crippen LogP contribution in [0.25, 0.3) is 0 Å². The van der Waals surface area contributed by atoms with E-state index < -0.39 is 0 Å². The molecule has 2 bridgehead atoms. The Morgan fingerprint density at radius 2 is 1.95 bits per heavy atom. The van der Waals surface area contributed by atoms with Crippen LogP contribution in [-0.2, 0) is 9.47 Å². The summed E-state index contributed by atoms with van der Waals surface area (Å²) >= 11 is 6.35. The topological polar surface area (TPSA) is 110 Å². The Hall–Kier alpha value is -3.09. The van der Waals surface area contributed by atoms with E-state index in [9.17, 15) is 4.79 Å². The van der Waals surface area contributed by atoms with Crippen molar-refractivity contribution in [3.8, 4) is 11.9 Å². The Morgan fingerprint density at radius 1 is 1.24 bits per heavy atom. The third kappa shape index (κ3) is 5.05. The van der Waals surface area contributed by atoms with E-state index in [0.717, 1.165) is 24.8 Å². The summed E-state index contributed by atoms with van der Waals surface area (Å²) in [5.41, 5.74) is 1.51. The fourth-order valence-corrected chi connectivity index (χ4v) is 5.71. The second kappa shape index (κ2) is 9.99. The van der Waals surface area contributed by atoms with Gasteiger partial charge < -0.3 is 24.4 Å². The molecule has 37 heavy (non-hydrogen) atoms. The molecule has 3 aliphatic rings. The SMILES string of the molecule is Cc1c(Nc2ccc(C#N)cc2Cl)ncnc1OC1C2CN(C(=O)OC3(C)CCC3)CC1C(C)OC2C. The molecule has 4 unspecified atom stereocenters. The van der Waals surface area contributed by atoms with Crippen molar-refractivity contribution < 1.29 is 19.0 Å². The minimum absolute atomic E-state index is 0.0320. The number of halogens is 1. The number of likely N-dealkylation sites (tertiary alicyclic amines) is 1. The van der Waals surface area contributed by atoms with Crippen molar-refractivity contribution in [2.24, 2.45) is 11.8 Å². The summed E-state index contributed by atoms with van der Waals surface area (Å²) in [4.78, 5) is 23.6. The molecule has 1 aromatic carbocycles. The molecule has 9 nitrogen and oxygen atoms in total. The first-order valence-electron chi connectivity index (χ1n) is 12.8. The van der Waals surface area contributed by atoms with Crippen LogP contribution in [0.2, 0.25) is 5.02 Å². The maximum atomic E-state index is 13.0. The number of aromatic nitrogens is 2. The van der Waals surface area contributed by atoms with Crippen molar-refractivity contribution in [2.75, 3.05) is 18.4 Å². The summed E-state index contributed by atoms with van der Waals surface area (Å²) in [6, 6.07) is 7.11. The molecule has 1 aliphatic carbocycles. The van der Waals surface area contributed by atoms with Crippen molar-refractivity contribution >= 4 is 29.2 Å². The molecule has 4 atom stereocenters. The summed E-state index contributed by atoms with van der Waals surface area (Å²) in [7, 11) is 0. The van der Waals surface area contributed by atoms with Gasteiger partial charge in [0.1, 0.15) is 23.9 Å². The van der Waals surface area contributed by atoms with Gasteiger partial charge in [-0.05, 0) is 65.2 Å². The van der Waals surface area contributed by atoms with Gasteiger partial charge in [0.05, 0.1) is 40.1 Å². The van der Waals surface area contributed by atoms with Gasteiger partial charge in [-0.2, -0.15) is 5.26 Å². The number of hydrogen-bond acceptors (Lipinski definition) is 8. The molecule has 196 valence electrons. The van der Waals surface area contributed by atoms with Crippen molar-refractivity contribution in [3.05, 3.63) is 40.7 Å². The van der Waals surface area contributed by atoms with E-state index >= 15 is 0 Å². The number of amides is 1. The Bertz CT molecular complexity index is 1210. The number of hydrogen-bond donors (Lipinski definition) is 1. The summed E-state index contributed by atoms with van der Waals surface area (Å²) in [6.07, 6.45) is 3.76. The van der Waals surface area contributed by atoms with E-state index in [0.29, 0.717) is 41.1 Å². The molecule has 3 fully saturated rings. The molecule has 3 heterocycles. The minimum Gasteiger partial charge on any atom is -0.473 e. The third-order valence-electron chi connectivity index (χ3n) is 7.98. The van der Waals surface area contributed by atoms with Crippen LogP contribution in [0.15, 0.2) is 24.5 Å². The minimum atomic E-state index is -0.341. The highest BCUT2D eigenvalue weighted by molar-refractivity contribution is 6.33. The lowest BCUT2D eigenvalue weighted by Gasteiger charge is -2.52. The summed E-state index contributed by atoms with van der Waals surface area (Å²) in [5.74, 6) is 0.973. The third-order valence-corrected chi connectivity index (χ3v) is 8.29. The van der Waals surface area contributed by atoms with Crippen LogP contribution in [0, 0.1) is 30.1 Å². The van der Waals surface area contributed by atoms with Crippen LogP contribution in [0.1, 0.15) is 51.2 Å². The van der Waals surface area contributed by atoms with Crippen LogP contribution in [0.4, 0.5) is 16.3 Å². The Kier molecular flexibility index (Phi) is 6.90. The number of anilines is 2. The molecule has 10 heteroatoms. The molecule has 5 rings (SSSR count). The van der Waals surface area contributed by atoms with Crippen LogP contribution in [0.3, 0.4) is 0 Å². The lowest BCUT2D eigenvalue weighted by atomic mass is 9.77. The molecule has 1 N–H and O–H groups in total. The molecular weight excluding hydrogens is 494 g/mol. The lowest BCUT2D eigenvalue weighted by Crippen LogP contribution is -2.63. The van der Waals surface area contributed by atoms with E-state index in [1.54, 1.807) is 18.2 Å². The van der Waals surface area contributed by atoms with Crippen molar-refractivity contribution in [1.29, 1.82) is 5.26 Å². The van der Waals surface area contributed by atoms with E-state index in [1.807, 2.05) is 32.6 Å². The van der Waals surface area contributed by atoms with Crippen molar-refractivity contribution in [3.63, 3.8) is 0 Å². The van der Waals surface area contributed by atoms with Crippen LogP contribution >= 0.6 is 11.6 Å². The standard InChI is InChI=1S/C27H32ClN5O4/c1-15-24(32-22-7-6-18(11-29)10-21(22)28)30-14-31-25(15)36-23-19-12-33(13-20(23)17(3)35-16(19)2)26(34)37-27(4)8-5-9-27/h6-7,10,14,16-17,19-20,23H,5,8-9,12-13H2,1-4H3,(H,30,31,32). The summed E-state index contributed by atoms with van der Waals surface area (Å²) in [6.45, 7) is 8.96. The first-order chi connectivity index (χ1) is 17.7. The molecule has 2 aromatic rings. The Morgan fingerprint density at radius 3 is 2.54 bits per heavy atom. The second-order valence-electron chi connectivity index (χ2n) is 10.6. The smallest absolute Gasteiger partial charge is 0.410 e. The van der Waals surface area contributed by atoms with Gasteiger partial charge in [-0.25, -0.2) is 14.8 Å². The van der Waals surface area contributed by atoms with E-state index in [2.05, 4.69) is 21.4 Å². The number of carbonyl (C=O) groups is 1. The number of ether oxygens (including phenoxy) is 3. The lowest BCUT2D eigenvalue weighted by molar-refractivity contribution is -0.183. The van der Waals surface area contributed by atoms with Gasteiger partial charge in [0.15, 0.2) is 0 Å². The van der Waals surface area contributed by atoms with Crippen LogP contribution in [-0.4, -0.2) is 58.0 Å². The zero-order valence-electron chi connectivity index (χ0n) is 21.5. The van der Waals surface area contributed by atoms with Crippen LogP contribution < -0.4 is 10.1 Å².